The molecule has 0 saturated heterocycles. The Hall–Kier alpha value is -1.82. The van der Waals surface area contributed by atoms with Crippen molar-refractivity contribution in [1.82, 2.24) is 9.78 Å². The molecule has 0 aliphatic rings. The van der Waals surface area contributed by atoms with Crippen molar-refractivity contribution in [3.8, 4) is 0 Å². The average molecular weight is 309 g/mol. The van der Waals surface area contributed by atoms with Gasteiger partial charge in [-0.05, 0) is 25.1 Å². The summed E-state index contributed by atoms with van der Waals surface area (Å²) in [5, 5.41) is 6.87. The highest BCUT2D eigenvalue weighted by Crippen LogP contribution is 2.17. The van der Waals surface area contributed by atoms with Crippen molar-refractivity contribution in [2.45, 2.75) is 13.5 Å². The molecule has 3 N–H and O–H groups in total. The van der Waals surface area contributed by atoms with Gasteiger partial charge in [0.2, 0.25) is 0 Å². The second-order valence-corrected chi connectivity index (χ2v) is 4.67. The predicted octanol–water partition coefficient (Wildman–Crippen LogP) is 2.50. The topological polar surface area (TPSA) is 72.9 Å². The first-order valence-corrected chi connectivity index (χ1v) is 6.29. The number of nitrogens with two attached hydrogens (primary N) is 1. The van der Waals surface area contributed by atoms with Crippen molar-refractivity contribution in [3.05, 3.63) is 40.6 Å². The van der Waals surface area contributed by atoms with Gasteiger partial charge < -0.3 is 11.1 Å². The maximum atomic E-state index is 12.0. The Morgan fingerprint density at radius 3 is 2.94 bits per heavy atom. The number of rotatable bonds is 3. The lowest BCUT2D eigenvalue weighted by molar-refractivity contribution is 0.102. The highest BCUT2D eigenvalue weighted by molar-refractivity contribution is 9.10. The van der Waals surface area contributed by atoms with Gasteiger partial charge in [0.15, 0.2) is 5.69 Å². The Labute approximate surface area is 113 Å². The highest BCUT2D eigenvalue weighted by Gasteiger charge is 2.14. The van der Waals surface area contributed by atoms with Crippen LogP contribution in [0.3, 0.4) is 0 Å². The van der Waals surface area contributed by atoms with Gasteiger partial charge in [0, 0.05) is 22.9 Å². The minimum Gasteiger partial charge on any atom is -0.396 e. The summed E-state index contributed by atoms with van der Waals surface area (Å²) >= 11 is 3.34. The molecule has 1 aromatic carbocycles. The van der Waals surface area contributed by atoms with Crippen LogP contribution in [-0.4, -0.2) is 15.7 Å². The van der Waals surface area contributed by atoms with Crippen molar-refractivity contribution in [2.24, 2.45) is 0 Å². The SMILES string of the molecule is CCn1cc(N)c(C(=O)Nc2cccc(Br)c2)n1. The van der Waals surface area contributed by atoms with E-state index in [1.54, 1.807) is 16.9 Å². The number of carbonyl (C=O) groups is 1. The Morgan fingerprint density at radius 1 is 1.56 bits per heavy atom. The van der Waals surface area contributed by atoms with Crippen molar-refractivity contribution >= 4 is 33.2 Å². The molecule has 0 atom stereocenters. The van der Waals surface area contributed by atoms with Gasteiger partial charge >= 0.3 is 0 Å². The first-order valence-electron chi connectivity index (χ1n) is 5.50. The Bertz CT molecular complexity index is 579. The summed E-state index contributed by atoms with van der Waals surface area (Å²) in [6.07, 6.45) is 1.65. The van der Waals surface area contributed by atoms with E-state index in [1.807, 2.05) is 25.1 Å². The molecule has 0 radical (unpaired) electrons. The number of anilines is 2. The van der Waals surface area contributed by atoms with Crippen LogP contribution in [0.5, 0.6) is 0 Å². The Kier molecular flexibility index (Phi) is 3.66. The molecule has 1 amide bonds. The molecule has 0 aliphatic heterocycles. The minimum atomic E-state index is -0.308. The highest BCUT2D eigenvalue weighted by atomic mass is 79.9. The number of nitrogens with one attached hydrogen (secondary N) is 1. The van der Waals surface area contributed by atoms with Crippen LogP contribution in [0.1, 0.15) is 17.4 Å². The number of hydrogen-bond acceptors (Lipinski definition) is 3. The number of carbonyl (C=O) groups excluding carboxylic acids is 1. The van der Waals surface area contributed by atoms with Crippen molar-refractivity contribution in [2.75, 3.05) is 11.1 Å². The molecule has 2 aromatic rings. The molecule has 0 unspecified atom stereocenters. The molecule has 0 saturated carbocycles. The third-order valence-electron chi connectivity index (χ3n) is 2.41. The molecule has 6 heteroatoms. The molecule has 1 aromatic heterocycles. The van der Waals surface area contributed by atoms with E-state index in [1.165, 1.54) is 0 Å². The monoisotopic (exact) mass is 308 g/mol. The van der Waals surface area contributed by atoms with Gasteiger partial charge in [0.05, 0.1) is 5.69 Å². The molecule has 2 rings (SSSR count). The molecule has 0 aliphatic carbocycles. The standard InChI is InChI=1S/C12H13BrN4O/c1-2-17-7-10(14)11(16-17)12(18)15-9-5-3-4-8(13)6-9/h3-7H,2,14H2,1H3,(H,15,18). The number of hydrogen-bond donors (Lipinski definition) is 2. The summed E-state index contributed by atoms with van der Waals surface area (Å²) in [5.74, 6) is -0.308. The van der Waals surface area contributed by atoms with Gasteiger partial charge in [-0.1, -0.05) is 22.0 Å². The minimum absolute atomic E-state index is 0.247. The molecule has 94 valence electrons. The number of halogens is 1. The van der Waals surface area contributed by atoms with Crippen molar-refractivity contribution in [3.63, 3.8) is 0 Å². The maximum Gasteiger partial charge on any atom is 0.278 e. The quantitative estimate of drug-likeness (QED) is 0.915. The lowest BCUT2D eigenvalue weighted by atomic mass is 10.3. The van der Waals surface area contributed by atoms with E-state index in [0.29, 0.717) is 17.9 Å². The third kappa shape index (κ3) is 2.70. The van der Waals surface area contributed by atoms with Crippen LogP contribution >= 0.6 is 15.9 Å². The predicted molar refractivity (Wildman–Crippen MR) is 74.4 cm³/mol. The number of aromatic nitrogens is 2. The fraction of sp³-hybridized carbons (Fsp3) is 0.167. The van der Waals surface area contributed by atoms with Gasteiger partial charge in [0.25, 0.3) is 5.91 Å². The van der Waals surface area contributed by atoms with Crippen LogP contribution in [0.2, 0.25) is 0 Å². The largest absolute Gasteiger partial charge is 0.396 e. The Morgan fingerprint density at radius 2 is 2.33 bits per heavy atom. The van der Waals surface area contributed by atoms with Crippen molar-refractivity contribution < 1.29 is 4.79 Å². The molecule has 0 spiro atoms. The molecule has 0 bridgehead atoms. The summed E-state index contributed by atoms with van der Waals surface area (Å²) in [6.45, 7) is 2.61. The number of benzene rings is 1. The molecule has 0 fully saturated rings. The molecular formula is C12H13BrN4O. The normalized spacial score (nSPS) is 10.3. The van der Waals surface area contributed by atoms with Gasteiger partial charge in [0.1, 0.15) is 0 Å². The van der Waals surface area contributed by atoms with E-state index < -0.39 is 0 Å². The number of nitrogens with zero attached hydrogens (tertiary/aromatic N) is 2. The number of amides is 1. The molecular weight excluding hydrogens is 296 g/mol. The van der Waals surface area contributed by atoms with Gasteiger partial charge in [-0.15, -0.1) is 0 Å². The van der Waals surface area contributed by atoms with Gasteiger partial charge in [-0.2, -0.15) is 5.10 Å². The van der Waals surface area contributed by atoms with E-state index in [-0.39, 0.29) is 11.6 Å². The summed E-state index contributed by atoms with van der Waals surface area (Å²) in [6, 6.07) is 7.34. The van der Waals surface area contributed by atoms with E-state index in [0.717, 1.165) is 4.47 Å². The lowest BCUT2D eigenvalue weighted by Crippen LogP contribution is -2.14. The smallest absolute Gasteiger partial charge is 0.278 e. The lowest BCUT2D eigenvalue weighted by Gasteiger charge is -2.03. The van der Waals surface area contributed by atoms with E-state index >= 15 is 0 Å². The summed E-state index contributed by atoms with van der Waals surface area (Å²) in [7, 11) is 0. The Balaban J connectivity index is 2.19. The zero-order valence-electron chi connectivity index (χ0n) is 9.85. The number of aryl methyl sites for hydroxylation is 1. The van der Waals surface area contributed by atoms with Gasteiger partial charge in [-0.25, -0.2) is 0 Å². The fourth-order valence-corrected chi connectivity index (χ4v) is 1.93. The zero-order chi connectivity index (χ0) is 13.1. The molecule has 18 heavy (non-hydrogen) atoms. The van der Waals surface area contributed by atoms with Crippen LogP contribution in [0.25, 0.3) is 0 Å². The van der Waals surface area contributed by atoms with Crippen LogP contribution < -0.4 is 11.1 Å². The number of nitrogen functional groups attached to an aromatic ring is 1. The third-order valence-corrected chi connectivity index (χ3v) is 2.90. The van der Waals surface area contributed by atoms with Crippen LogP contribution in [-0.2, 0) is 6.54 Å². The van der Waals surface area contributed by atoms with E-state index in [4.69, 9.17) is 5.73 Å². The van der Waals surface area contributed by atoms with Crippen LogP contribution in [0.4, 0.5) is 11.4 Å². The zero-order valence-corrected chi connectivity index (χ0v) is 11.4. The maximum absolute atomic E-state index is 12.0. The summed E-state index contributed by atoms with van der Waals surface area (Å²) in [5.41, 5.74) is 7.07. The van der Waals surface area contributed by atoms with Crippen molar-refractivity contribution in [1.29, 1.82) is 0 Å². The fourth-order valence-electron chi connectivity index (χ4n) is 1.53. The summed E-state index contributed by atoms with van der Waals surface area (Å²) in [4.78, 5) is 12.0. The first-order chi connectivity index (χ1) is 8.60. The molecule has 5 nitrogen and oxygen atoms in total. The summed E-state index contributed by atoms with van der Waals surface area (Å²) < 4.78 is 2.53. The van der Waals surface area contributed by atoms with E-state index in [2.05, 4.69) is 26.3 Å². The van der Waals surface area contributed by atoms with Crippen LogP contribution in [0, 0.1) is 0 Å². The second-order valence-electron chi connectivity index (χ2n) is 3.75. The molecule has 1 heterocycles. The van der Waals surface area contributed by atoms with E-state index in [9.17, 15) is 4.79 Å². The average Bonchev–Trinajstić information content (AvgIpc) is 2.70. The van der Waals surface area contributed by atoms with Crippen LogP contribution in [0.15, 0.2) is 34.9 Å². The first kappa shape index (κ1) is 12.6. The van der Waals surface area contributed by atoms with Gasteiger partial charge in [-0.3, -0.25) is 9.48 Å². The second kappa shape index (κ2) is 5.22.